The Labute approximate surface area is 114 Å². The molecule has 0 atom stereocenters. The molecule has 1 aromatic carbocycles. The summed E-state index contributed by atoms with van der Waals surface area (Å²) >= 11 is 0. The lowest BCUT2D eigenvalue weighted by molar-refractivity contribution is -0.0924. The van der Waals surface area contributed by atoms with Crippen molar-refractivity contribution in [3.63, 3.8) is 0 Å². The molecule has 0 aliphatic carbocycles. The first-order valence-electron chi connectivity index (χ1n) is 6.75. The summed E-state index contributed by atoms with van der Waals surface area (Å²) in [6.45, 7) is 8.62. The highest BCUT2D eigenvalue weighted by atomic mass is 19.1. The third-order valence-electron chi connectivity index (χ3n) is 3.72. The zero-order valence-electron chi connectivity index (χ0n) is 12.2. The van der Waals surface area contributed by atoms with E-state index in [2.05, 4.69) is 12.2 Å². The van der Waals surface area contributed by atoms with Gasteiger partial charge >= 0.3 is 0 Å². The summed E-state index contributed by atoms with van der Waals surface area (Å²) in [5, 5.41) is 3.28. The summed E-state index contributed by atoms with van der Waals surface area (Å²) in [6.07, 6.45) is 0. The predicted octanol–water partition coefficient (Wildman–Crippen LogP) is 3.12. The fraction of sp³-hybridized carbons (Fsp3) is 0.600. The van der Waals surface area contributed by atoms with Crippen LogP contribution in [-0.4, -0.2) is 32.8 Å². The molecule has 2 rings (SSSR count). The molecular formula is C15H23FN2O. The molecule has 0 unspecified atom stereocenters. The lowest BCUT2D eigenvalue weighted by Crippen LogP contribution is -2.45. The van der Waals surface area contributed by atoms with Crippen molar-refractivity contribution in [3.05, 3.63) is 24.0 Å². The second-order valence-electron chi connectivity index (χ2n) is 6.03. The van der Waals surface area contributed by atoms with Gasteiger partial charge in [0.2, 0.25) is 0 Å². The van der Waals surface area contributed by atoms with E-state index in [9.17, 15) is 4.39 Å². The van der Waals surface area contributed by atoms with Crippen molar-refractivity contribution in [1.82, 2.24) is 0 Å². The minimum absolute atomic E-state index is 0.184. The van der Waals surface area contributed by atoms with Crippen LogP contribution in [-0.2, 0) is 4.74 Å². The number of nitrogens with zero attached hydrogens (tertiary/aromatic N) is 1. The van der Waals surface area contributed by atoms with Crippen molar-refractivity contribution >= 4 is 11.4 Å². The number of benzene rings is 1. The highest BCUT2D eigenvalue weighted by Crippen LogP contribution is 2.28. The molecule has 1 N–H and O–H groups in total. The molecule has 1 saturated heterocycles. The van der Waals surface area contributed by atoms with Gasteiger partial charge in [-0.3, -0.25) is 0 Å². The molecule has 0 saturated carbocycles. The van der Waals surface area contributed by atoms with Gasteiger partial charge in [0.1, 0.15) is 5.82 Å². The molecule has 1 aliphatic heterocycles. The standard InChI is InChI=1S/C15H23FN2O/c1-11(2)18(4)14-6-5-12(7-13(14)16)17-8-15(3)9-19-10-15/h5-7,11,17H,8-10H2,1-4H3. The van der Waals surface area contributed by atoms with Gasteiger partial charge in [-0.25, -0.2) is 4.39 Å². The summed E-state index contributed by atoms with van der Waals surface area (Å²) in [4.78, 5) is 1.93. The molecule has 19 heavy (non-hydrogen) atoms. The van der Waals surface area contributed by atoms with Crippen LogP contribution >= 0.6 is 0 Å². The molecule has 1 aliphatic rings. The molecule has 3 nitrogen and oxygen atoms in total. The molecule has 0 spiro atoms. The van der Waals surface area contributed by atoms with Gasteiger partial charge in [-0.2, -0.15) is 0 Å². The van der Waals surface area contributed by atoms with Gasteiger partial charge in [0, 0.05) is 30.7 Å². The molecule has 106 valence electrons. The van der Waals surface area contributed by atoms with Crippen LogP contribution in [0.4, 0.5) is 15.8 Å². The first-order valence-corrected chi connectivity index (χ1v) is 6.75. The van der Waals surface area contributed by atoms with Crippen LogP contribution in [0.5, 0.6) is 0 Å². The van der Waals surface area contributed by atoms with E-state index in [4.69, 9.17) is 4.74 Å². The van der Waals surface area contributed by atoms with Crippen LogP contribution in [0.25, 0.3) is 0 Å². The first kappa shape index (κ1) is 14.1. The predicted molar refractivity (Wildman–Crippen MR) is 77.4 cm³/mol. The Hall–Kier alpha value is -1.29. The van der Waals surface area contributed by atoms with Gasteiger partial charge in [0.25, 0.3) is 0 Å². The van der Waals surface area contributed by atoms with E-state index in [0.29, 0.717) is 5.69 Å². The van der Waals surface area contributed by atoms with E-state index in [1.54, 1.807) is 6.07 Å². The van der Waals surface area contributed by atoms with Crippen LogP contribution in [0, 0.1) is 11.2 Å². The number of halogens is 1. The number of hydrogen-bond acceptors (Lipinski definition) is 3. The van der Waals surface area contributed by atoms with E-state index >= 15 is 0 Å². The van der Waals surface area contributed by atoms with Crippen molar-refractivity contribution in [2.45, 2.75) is 26.8 Å². The van der Waals surface area contributed by atoms with Gasteiger partial charge in [0.05, 0.1) is 18.9 Å². The highest BCUT2D eigenvalue weighted by molar-refractivity contribution is 5.56. The SMILES string of the molecule is CC(C)N(C)c1ccc(NCC2(C)COC2)cc1F. The number of anilines is 2. The Morgan fingerprint density at radius 3 is 2.58 bits per heavy atom. The van der Waals surface area contributed by atoms with Gasteiger partial charge in [0.15, 0.2) is 0 Å². The maximum atomic E-state index is 14.1. The summed E-state index contributed by atoms with van der Waals surface area (Å²) < 4.78 is 19.3. The third kappa shape index (κ3) is 3.18. The van der Waals surface area contributed by atoms with E-state index in [-0.39, 0.29) is 17.3 Å². The smallest absolute Gasteiger partial charge is 0.148 e. The molecule has 4 heteroatoms. The van der Waals surface area contributed by atoms with E-state index < -0.39 is 0 Å². The Kier molecular flexibility index (Phi) is 3.99. The van der Waals surface area contributed by atoms with Gasteiger partial charge in [-0.1, -0.05) is 6.92 Å². The third-order valence-corrected chi connectivity index (χ3v) is 3.72. The molecule has 1 fully saturated rings. The maximum absolute atomic E-state index is 14.1. The number of rotatable bonds is 5. The Morgan fingerprint density at radius 2 is 2.11 bits per heavy atom. The lowest BCUT2D eigenvalue weighted by atomic mass is 9.89. The fourth-order valence-electron chi connectivity index (χ4n) is 2.05. The summed E-state index contributed by atoms with van der Waals surface area (Å²) in [6, 6.07) is 5.61. The number of hydrogen-bond donors (Lipinski definition) is 1. The van der Waals surface area contributed by atoms with Crippen molar-refractivity contribution in [3.8, 4) is 0 Å². The summed E-state index contributed by atoms with van der Waals surface area (Å²) in [5.74, 6) is -0.184. The Balaban J connectivity index is 2.02. The normalized spacial score (nSPS) is 17.2. The first-order chi connectivity index (χ1) is 8.91. The van der Waals surface area contributed by atoms with Crippen LogP contribution in [0.2, 0.25) is 0 Å². The van der Waals surface area contributed by atoms with Crippen LogP contribution < -0.4 is 10.2 Å². The van der Waals surface area contributed by atoms with Crippen molar-refractivity contribution < 1.29 is 9.13 Å². The second-order valence-corrected chi connectivity index (χ2v) is 6.03. The minimum Gasteiger partial charge on any atom is -0.384 e. The van der Waals surface area contributed by atoms with Crippen molar-refractivity contribution in [2.75, 3.05) is 37.0 Å². The molecular weight excluding hydrogens is 243 g/mol. The van der Waals surface area contributed by atoms with Crippen LogP contribution in [0.15, 0.2) is 18.2 Å². The molecule has 1 aromatic rings. The average Bonchev–Trinajstić information content (AvgIpc) is 2.33. The van der Waals surface area contributed by atoms with E-state index in [1.807, 2.05) is 37.9 Å². The van der Waals surface area contributed by atoms with Gasteiger partial charge in [-0.05, 0) is 32.0 Å². The zero-order valence-corrected chi connectivity index (χ0v) is 12.2. The van der Waals surface area contributed by atoms with Crippen molar-refractivity contribution in [2.24, 2.45) is 5.41 Å². The molecule has 0 amide bonds. The topological polar surface area (TPSA) is 24.5 Å². The molecule has 0 aromatic heterocycles. The molecule has 1 heterocycles. The molecule has 0 bridgehead atoms. The summed E-state index contributed by atoms with van der Waals surface area (Å²) in [5.41, 5.74) is 1.65. The Morgan fingerprint density at radius 1 is 1.42 bits per heavy atom. The van der Waals surface area contributed by atoms with Crippen molar-refractivity contribution in [1.29, 1.82) is 0 Å². The van der Waals surface area contributed by atoms with Crippen LogP contribution in [0.3, 0.4) is 0 Å². The van der Waals surface area contributed by atoms with Gasteiger partial charge in [-0.15, -0.1) is 0 Å². The maximum Gasteiger partial charge on any atom is 0.148 e. The van der Waals surface area contributed by atoms with E-state index in [1.165, 1.54) is 0 Å². The average molecular weight is 266 g/mol. The Bertz CT molecular complexity index is 444. The zero-order chi connectivity index (χ0) is 14.0. The highest BCUT2D eigenvalue weighted by Gasteiger charge is 2.32. The minimum atomic E-state index is -0.184. The van der Waals surface area contributed by atoms with Crippen LogP contribution in [0.1, 0.15) is 20.8 Å². The monoisotopic (exact) mass is 266 g/mol. The number of nitrogens with one attached hydrogen (secondary N) is 1. The molecule has 0 radical (unpaired) electrons. The lowest BCUT2D eigenvalue weighted by Gasteiger charge is -2.38. The second kappa shape index (κ2) is 5.37. The largest absolute Gasteiger partial charge is 0.384 e. The van der Waals surface area contributed by atoms with E-state index in [0.717, 1.165) is 25.4 Å². The quantitative estimate of drug-likeness (QED) is 0.886. The summed E-state index contributed by atoms with van der Waals surface area (Å²) in [7, 11) is 1.91. The van der Waals surface area contributed by atoms with Gasteiger partial charge < -0.3 is 15.0 Å². The fourth-order valence-corrected chi connectivity index (χ4v) is 2.05. The number of ether oxygens (including phenoxy) is 1.